The van der Waals surface area contributed by atoms with Gasteiger partial charge >= 0.3 is 0 Å². The minimum atomic E-state index is 0.262. The number of benzene rings is 3. The molecular weight excluding hydrogens is 421 g/mol. The van der Waals surface area contributed by atoms with E-state index in [4.69, 9.17) is 37.4 Å². The van der Waals surface area contributed by atoms with Crippen LogP contribution in [0.25, 0.3) is 0 Å². The first-order valence-electron chi connectivity index (χ1n) is 9.67. The number of para-hydroxylation sites is 1. The number of rotatable bonds is 10. The average Bonchev–Trinajstić information content (AvgIpc) is 2.77. The normalized spacial score (nSPS) is 10.7. The molecule has 0 saturated carbocycles. The van der Waals surface area contributed by atoms with Gasteiger partial charge in [-0.05, 0) is 48.9 Å². The quantitative estimate of drug-likeness (QED) is 0.393. The van der Waals surface area contributed by atoms with E-state index in [1.165, 1.54) is 5.56 Å². The van der Waals surface area contributed by atoms with E-state index < -0.39 is 0 Å². The second-order valence-corrected chi connectivity index (χ2v) is 7.53. The molecular formula is C24H25Cl2NO3. The van der Waals surface area contributed by atoms with Gasteiger partial charge in [0.05, 0.1) is 14.2 Å². The summed E-state index contributed by atoms with van der Waals surface area (Å²) in [6.07, 6.45) is 0.916. The topological polar surface area (TPSA) is 39.7 Å². The Morgan fingerprint density at radius 3 is 2.20 bits per heavy atom. The fourth-order valence-corrected chi connectivity index (χ4v) is 3.59. The second-order valence-electron chi connectivity index (χ2n) is 6.71. The maximum atomic E-state index is 6.27. The Labute approximate surface area is 187 Å². The Balaban J connectivity index is 1.63. The summed E-state index contributed by atoms with van der Waals surface area (Å²) >= 11 is 12.5. The zero-order valence-corrected chi connectivity index (χ0v) is 18.6. The lowest BCUT2D eigenvalue weighted by Gasteiger charge is -2.16. The highest BCUT2D eigenvalue weighted by Crippen LogP contribution is 2.33. The van der Waals surface area contributed by atoms with E-state index in [9.17, 15) is 0 Å². The van der Waals surface area contributed by atoms with Gasteiger partial charge in [-0.15, -0.1) is 0 Å². The Hall–Kier alpha value is -2.40. The van der Waals surface area contributed by atoms with Crippen molar-refractivity contribution in [1.29, 1.82) is 0 Å². The first-order chi connectivity index (χ1) is 14.6. The van der Waals surface area contributed by atoms with Crippen LogP contribution in [0.1, 0.15) is 16.7 Å². The molecule has 0 aliphatic heterocycles. The zero-order chi connectivity index (χ0) is 21.3. The van der Waals surface area contributed by atoms with Gasteiger partial charge in [0.25, 0.3) is 0 Å². The van der Waals surface area contributed by atoms with Crippen molar-refractivity contribution in [1.82, 2.24) is 5.32 Å². The first kappa shape index (κ1) is 22.3. The van der Waals surface area contributed by atoms with Crippen LogP contribution in [0, 0.1) is 0 Å². The third-order valence-electron chi connectivity index (χ3n) is 4.77. The van der Waals surface area contributed by atoms with Crippen molar-refractivity contribution in [2.24, 2.45) is 0 Å². The maximum Gasteiger partial charge on any atom is 0.166 e. The van der Waals surface area contributed by atoms with Crippen LogP contribution in [-0.4, -0.2) is 20.8 Å². The van der Waals surface area contributed by atoms with Gasteiger partial charge in [-0.1, -0.05) is 53.5 Å². The molecule has 0 unspecified atom stereocenters. The fourth-order valence-electron chi connectivity index (χ4n) is 3.09. The van der Waals surface area contributed by atoms with E-state index in [1.807, 2.05) is 36.4 Å². The molecule has 0 atom stereocenters. The summed E-state index contributed by atoms with van der Waals surface area (Å²) in [5.41, 5.74) is 3.01. The van der Waals surface area contributed by atoms with Crippen molar-refractivity contribution >= 4 is 23.2 Å². The molecule has 6 heteroatoms. The number of hydrogen-bond donors (Lipinski definition) is 1. The highest BCUT2D eigenvalue weighted by molar-refractivity contribution is 6.35. The molecule has 0 aromatic heterocycles. The SMILES string of the molecule is COc1ccc(CCNCc2cccc(OC)c2OCc2c(Cl)cccc2Cl)cc1. The van der Waals surface area contributed by atoms with Gasteiger partial charge in [-0.25, -0.2) is 0 Å². The number of hydrogen-bond acceptors (Lipinski definition) is 4. The lowest BCUT2D eigenvalue weighted by atomic mass is 10.1. The summed E-state index contributed by atoms with van der Waals surface area (Å²) in [6, 6.07) is 19.4. The molecule has 3 rings (SSSR count). The Morgan fingerprint density at radius 2 is 1.53 bits per heavy atom. The van der Waals surface area contributed by atoms with Crippen molar-refractivity contribution in [2.45, 2.75) is 19.6 Å². The van der Waals surface area contributed by atoms with Crippen LogP contribution in [0.2, 0.25) is 10.0 Å². The number of ether oxygens (including phenoxy) is 3. The molecule has 0 heterocycles. The lowest BCUT2D eigenvalue weighted by Crippen LogP contribution is -2.17. The molecule has 0 aliphatic carbocycles. The molecule has 3 aromatic rings. The monoisotopic (exact) mass is 445 g/mol. The second kappa shape index (κ2) is 11.1. The molecule has 0 bridgehead atoms. The van der Waals surface area contributed by atoms with Crippen molar-refractivity contribution in [3.63, 3.8) is 0 Å². The van der Waals surface area contributed by atoms with Crippen LogP contribution in [0.3, 0.4) is 0 Å². The Kier molecular flexibility index (Phi) is 8.26. The maximum absolute atomic E-state index is 6.27. The number of halogens is 2. The lowest BCUT2D eigenvalue weighted by molar-refractivity contribution is 0.281. The van der Waals surface area contributed by atoms with Crippen LogP contribution in [0.15, 0.2) is 60.7 Å². The summed E-state index contributed by atoms with van der Waals surface area (Å²) in [6.45, 7) is 1.75. The Bertz CT molecular complexity index is 941. The van der Waals surface area contributed by atoms with E-state index in [1.54, 1.807) is 26.4 Å². The molecule has 30 heavy (non-hydrogen) atoms. The van der Waals surface area contributed by atoms with E-state index in [0.29, 0.717) is 28.1 Å². The predicted octanol–water partition coefficient (Wildman–Crippen LogP) is 5.92. The molecule has 4 nitrogen and oxygen atoms in total. The first-order valence-corrected chi connectivity index (χ1v) is 10.4. The molecule has 0 aliphatic rings. The molecule has 0 fully saturated rings. The molecule has 0 spiro atoms. The number of nitrogens with one attached hydrogen (secondary N) is 1. The van der Waals surface area contributed by atoms with Crippen LogP contribution < -0.4 is 19.5 Å². The van der Waals surface area contributed by atoms with Crippen LogP contribution in [-0.2, 0) is 19.6 Å². The van der Waals surface area contributed by atoms with Gasteiger partial charge < -0.3 is 19.5 Å². The van der Waals surface area contributed by atoms with E-state index in [0.717, 1.165) is 29.8 Å². The van der Waals surface area contributed by atoms with Crippen molar-refractivity contribution in [3.8, 4) is 17.2 Å². The average molecular weight is 446 g/mol. The molecule has 0 radical (unpaired) electrons. The van der Waals surface area contributed by atoms with Gasteiger partial charge in [-0.3, -0.25) is 0 Å². The number of methoxy groups -OCH3 is 2. The minimum absolute atomic E-state index is 0.262. The summed E-state index contributed by atoms with van der Waals surface area (Å²) in [4.78, 5) is 0. The van der Waals surface area contributed by atoms with Gasteiger partial charge in [0.2, 0.25) is 0 Å². The summed E-state index contributed by atoms with van der Waals surface area (Å²) in [5.74, 6) is 2.23. The summed E-state index contributed by atoms with van der Waals surface area (Å²) < 4.78 is 16.8. The van der Waals surface area contributed by atoms with E-state index in [2.05, 4.69) is 17.4 Å². The fraction of sp³-hybridized carbons (Fsp3) is 0.250. The van der Waals surface area contributed by atoms with Crippen molar-refractivity contribution in [2.75, 3.05) is 20.8 Å². The highest BCUT2D eigenvalue weighted by Gasteiger charge is 2.13. The third-order valence-corrected chi connectivity index (χ3v) is 5.48. The van der Waals surface area contributed by atoms with Gasteiger partial charge in [-0.2, -0.15) is 0 Å². The molecule has 1 N–H and O–H groups in total. The van der Waals surface area contributed by atoms with Gasteiger partial charge in [0.15, 0.2) is 11.5 Å². The molecule has 0 saturated heterocycles. The zero-order valence-electron chi connectivity index (χ0n) is 17.1. The van der Waals surface area contributed by atoms with Gasteiger partial charge in [0, 0.05) is 27.7 Å². The van der Waals surface area contributed by atoms with Crippen LogP contribution in [0.4, 0.5) is 0 Å². The van der Waals surface area contributed by atoms with E-state index in [-0.39, 0.29) is 6.61 Å². The molecule has 0 amide bonds. The van der Waals surface area contributed by atoms with Crippen molar-refractivity contribution in [3.05, 3.63) is 87.4 Å². The standard InChI is InChI=1S/C24H25Cl2NO3/c1-28-19-11-9-17(10-12-19)13-14-27-15-18-5-3-8-23(29-2)24(18)30-16-20-21(25)6-4-7-22(20)26/h3-12,27H,13-16H2,1-2H3. The predicted molar refractivity (Wildman–Crippen MR) is 122 cm³/mol. The minimum Gasteiger partial charge on any atom is -0.497 e. The van der Waals surface area contributed by atoms with Crippen molar-refractivity contribution < 1.29 is 14.2 Å². The Morgan fingerprint density at radius 1 is 0.833 bits per heavy atom. The summed E-state index contributed by atoms with van der Waals surface area (Å²) in [7, 11) is 3.30. The van der Waals surface area contributed by atoms with Gasteiger partial charge in [0.1, 0.15) is 12.4 Å². The van der Waals surface area contributed by atoms with Crippen LogP contribution >= 0.6 is 23.2 Å². The molecule has 3 aromatic carbocycles. The smallest absolute Gasteiger partial charge is 0.166 e. The summed E-state index contributed by atoms with van der Waals surface area (Å²) in [5, 5.41) is 4.63. The highest BCUT2D eigenvalue weighted by atomic mass is 35.5. The molecule has 158 valence electrons. The van der Waals surface area contributed by atoms with E-state index >= 15 is 0 Å². The largest absolute Gasteiger partial charge is 0.497 e. The third kappa shape index (κ3) is 5.82. The van der Waals surface area contributed by atoms with Crippen LogP contribution in [0.5, 0.6) is 17.2 Å².